The Morgan fingerprint density at radius 2 is 2.11 bits per heavy atom. The number of aliphatic hydroxyl groups is 1. The molecule has 1 saturated carbocycles. The lowest BCUT2D eigenvalue weighted by atomic mass is 9.64. The molecule has 4 heteroatoms. The van der Waals surface area contributed by atoms with Crippen LogP contribution in [0.5, 0.6) is 0 Å². The molecule has 0 aliphatic heterocycles. The van der Waals surface area contributed by atoms with E-state index in [9.17, 15) is 15.0 Å². The maximum atomic E-state index is 11.2. The Labute approximate surface area is 107 Å². The van der Waals surface area contributed by atoms with Gasteiger partial charge in [0.1, 0.15) is 0 Å². The highest BCUT2D eigenvalue weighted by atomic mass is 16.4. The van der Waals surface area contributed by atoms with E-state index in [2.05, 4.69) is 5.32 Å². The number of nitrogens with one attached hydrogen (secondary N) is 1. The molecule has 18 heavy (non-hydrogen) atoms. The van der Waals surface area contributed by atoms with Gasteiger partial charge in [-0.15, -0.1) is 0 Å². The molecule has 2 atom stereocenters. The van der Waals surface area contributed by atoms with Crippen LogP contribution in [0.25, 0.3) is 0 Å². The van der Waals surface area contributed by atoms with Crippen LogP contribution in [0.1, 0.15) is 36.2 Å². The maximum Gasteiger partial charge on any atom is 0.337 e. The third kappa shape index (κ3) is 1.97. The van der Waals surface area contributed by atoms with Crippen LogP contribution in [-0.4, -0.2) is 28.3 Å². The first-order valence-electron chi connectivity index (χ1n) is 6.11. The van der Waals surface area contributed by atoms with E-state index in [1.807, 2.05) is 26.8 Å². The Hall–Kier alpha value is -1.55. The molecule has 0 saturated heterocycles. The predicted octanol–water partition coefficient (Wildman–Crippen LogP) is 2.26. The molecule has 1 aromatic rings. The maximum absolute atomic E-state index is 11.2. The Morgan fingerprint density at radius 1 is 1.44 bits per heavy atom. The fourth-order valence-electron chi connectivity index (χ4n) is 2.36. The van der Waals surface area contributed by atoms with E-state index in [4.69, 9.17) is 0 Å². The first-order valence-corrected chi connectivity index (χ1v) is 6.11. The predicted molar refractivity (Wildman–Crippen MR) is 70.0 cm³/mol. The summed E-state index contributed by atoms with van der Waals surface area (Å²) in [7, 11) is 0. The second kappa shape index (κ2) is 4.28. The molecule has 0 aromatic heterocycles. The van der Waals surface area contributed by atoms with Gasteiger partial charge in [-0.3, -0.25) is 0 Å². The van der Waals surface area contributed by atoms with Gasteiger partial charge in [0, 0.05) is 11.5 Å². The van der Waals surface area contributed by atoms with Crippen molar-refractivity contribution in [3.63, 3.8) is 0 Å². The van der Waals surface area contributed by atoms with Crippen LogP contribution < -0.4 is 5.32 Å². The van der Waals surface area contributed by atoms with Crippen LogP contribution in [0.4, 0.5) is 5.69 Å². The van der Waals surface area contributed by atoms with Gasteiger partial charge in [0.2, 0.25) is 0 Å². The zero-order valence-corrected chi connectivity index (χ0v) is 10.9. The minimum atomic E-state index is -0.932. The molecular formula is C14H19NO3. The Balaban J connectivity index is 2.27. The molecule has 1 aliphatic rings. The second-order valence-corrected chi connectivity index (χ2v) is 5.57. The van der Waals surface area contributed by atoms with Crippen LogP contribution in [0, 0.1) is 12.3 Å². The van der Waals surface area contributed by atoms with Crippen LogP contribution in [0.15, 0.2) is 18.2 Å². The number of carboxylic acids is 1. The average Bonchev–Trinajstić information content (AvgIpc) is 2.30. The van der Waals surface area contributed by atoms with Crippen molar-refractivity contribution in [3.05, 3.63) is 29.3 Å². The van der Waals surface area contributed by atoms with Crippen molar-refractivity contribution in [2.75, 3.05) is 5.32 Å². The standard InChI is InChI=1S/C14H19NO3/c1-8-5-4-6-9(13(17)18)12(8)15-10-7-11(16)14(10,2)3/h4-6,10-11,15-16H,7H2,1-3H3,(H,17,18). The summed E-state index contributed by atoms with van der Waals surface area (Å²) >= 11 is 0. The van der Waals surface area contributed by atoms with E-state index in [0.717, 1.165) is 5.56 Å². The zero-order chi connectivity index (χ0) is 13.5. The normalized spacial score (nSPS) is 25.3. The van der Waals surface area contributed by atoms with Crippen molar-refractivity contribution >= 4 is 11.7 Å². The fourth-order valence-corrected chi connectivity index (χ4v) is 2.36. The minimum Gasteiger partial charge on any atom is -0.478 e. The van der Waals surface area contributed by atoms with Crippen molar-refractivity contribution in [1.29, 1.82) is 0 Å². The highest BCUT2D eigenvalue weighted by Crippen LogP contribution is 2.42. The van der Waals surface area contributed by atoms with E-state index in [1.165, 1.54) is 0 Å². The summed E-state index contributed by atoms with van der Waals surface area (Å²) in [6.45, 7) is 5.85. The molecule has 3 N–H and O–H groups in total. The molecule has 2 unspecified atom stereocenters. The summed E-state index contributed by atoms with van der Waals surface area (Å²) in [5, 5.41) is 22.2. The summed E-state index contributed by atoms with van der Waals surface area (Å²) in [5.74, 6) is -0.932. The number of carbonyl (C=O) groups is 1. The molecular weight excluding hydrogens is 230 g/mol. The van der Waals surface area contributed by atoms with E-state index in [0.29, 0.717) is 12.1 Å². The molecule has 1 aliphatic carbocycles. The van der Waals surface area contributed by atoms with Crippen molar-refractivity contribution < 1.29 is 15.0 Å². The third-order valence-electron chi connectivity index (χ3n) is 4.04. The molecule has 0 radical (unpaired) electrons. The zero-order valence-electron chi connectivity index (χ0n) is 10.9. The lowest BCUT2D eigenvalue weighted by molar-refractivity contribution is -0.0510. The van der Waals surface area contributed by atoms with Gasteiger partial charge in [0.15, 0.2) is 0 Å². The number of aryl methyl sites for hydroxylation is 1. The van der Waals surface area contributed by atoms with Gasteiger partial charge in [-0.1, -0.05) is 26.0 Å². The number of hydrogen-bond donors (Lipinski definition) is 3. The molecule has 0 spiro atoms. The molecule has 1 fully saturated rings. The molecule has 0 amide bonds. The van der Waals surface area contributed by atoms with Crippen molar-refractivity contribution in [2.24, 2.45) is 5.41 Å². The smallest absolute Gasteiger partial charge is 0.337 e. The van der Waals surface area contributed by atoms with Gasteiger partial charge in [-0.2, -0.15) is 0 Å². The van der Waals surface area contributed by atoms with E-state index in [-0.39, 0.29) is 23.1 Å². The SMILES string of the molecule is Cc1cccc(C(=O)O)c1NC1CC(O)C1(C)C. The Bertz CT molecular complexity index is 482. The van der Waals surface area contributed by atoms with E-state index in [1.54, 1.807) is 12.1 Å². The number of rotatable bonds is 3. The number of para-hydroxylation sites is 1. The van der Waals surface area contributed by atoms with Gasteiger partial charge in [0.25, 0.3) is 0 Å². The molecule has 1 aromatic carbocycles. The summed E-state index contributed by atoms with van der Waals surface area (Å²) < 4.78 is 0. The number of aromatic carboxylic acids is 1. The van der Waals surface area contributed by atoms with E-state index >= 15 is 0 Å². The Kier molecular flexibility index (Phi) is 3.07. The number of aliphatic hydroxyl groups excluding tert-OH is 1. The summed E-state index contributed by atoms with van der Waals surface area (Å²) in [4.78, 5) is 11.2. The third-order valence-corrected chi connectivity index (χ3v) is 4.04. The molecule has 0 heterocycles. The van der Waals surface area contributed by atoms with Gasteiger partial charge in [-0.25, -0.2) is 4.79 Å². The molecule has 4 nitrogen and oxygen atoms in total. The monoisotopic (exact) mass is 249 g/mol. The van der Waals surface area contributed by atoms with Gasteiger partial charge < -0.3 is 15.5 Å². The topological polar surface area (TPSA) is 69.6 Å². The van der Waals surface area contributed by atoms with Gasteiger partial charge >= 0.3 is 5.97 Å². The fraction of sp³-hybridized carbons (Fsp3) is 0.500. The number of anilines is 1. The molecule has 98 valence electrons. The van der Waals surface area contributed by atoms with Gasteiger partial charge in [0.05, 0.1) is 17.4 Å². The quantitative estimate of drug-likeness (QED) is 0.768. The lowest BCUT2D eigenvalue weighted by Crippen LogP contribution is -2.57. The molecule has 2 rings (SSSR count). The highest BCUT2D eigenvalue weighted by Gasteiger charge is 2.47. The molecule has 0 bridgehead atoms. The Morgan fingerprint density at radius 3 is 2.61 bits per heavy atom. The lowest BCUT2D eigenvalue weighted by Gasteiger charge is -2.50. The number of hydrogen-bond acceptors (Lipinski definition) is 3. The minimum absolute atomic E-state index is 0.103. The van der Waals surface area contributed by atoms with Crippen LogP contribution in [0.2, 0.25) is 0 Å². The van der Waals surface area contributed by atoms with Crippen molar-refractivity contribution in [1.82, 2.24) is 0 Å². The second-order valence-electron chi connectivity index (χ2n) is 5.57. The van der Waals surface area contributed by atoms with Gasteiger partial charge in [-0.05, 0) is 25.0 Å². The van der Waals surface area contributed by atoms with Crippen LogP contribution >= 0.6 is 0 Å². The van der Waals surface area contributed by atoms with Crippen LogP contribution in [-0.2, 0) is 0 Å². The summed E-state index contributed by atoms with van der Waals surface area (Å²) in [6, 6.07) is 5.33. The van der Waals surface area contributed by atoms with Crippen LogP contribution in [0.3, 0.4) is 0 Å². The number of carboxylic acid groups (broad SMARTS) is 1. The van der Waals surface area contributed by atoms with E-state index < -0.39 is 5.97 Å². The highest BCUT2D eigenvalue weighted by molar-refractivity contribution is 5.95. The first kappa shape index (κ1) is 12.9. The average molecular weight is 249 g/mol. The largest absolute Gasteiger partial charge is 0.478 e. The first-order chi connectivity index (χ1) is 8.34. The summed E-state index contributed by atoms with van der Waals surface area (Å²) in [5.41, 5.74) is 1.63. The van der Waals surface area contributed by atoms with Crippen molar-refractivity contribution in [2.45, 2.75) is 39.3 Å². The number of benzene rings is 1. The van der Waals surface area contributed by atoms with Crippen molar-refractivity contribution in [3.8, 4) is 0 Å². The summed E-state index contributed by atoms with van der Waals surface area (Å²) in [6.07, 6.45) is 0.327.